The van der Waals surface area contributed by atoms with Gasteiger partial charge in [0.05, 0.1) is 5.60 Å². The molecule has 1 atom stereocenters. The second kappa shape index (κ2) is 6.22. The highest BCUT2D eigenvalue weighted by molar-refractivity contribution is 5.18. The van der Waals surface area contributed by atoms with Gasteiger partial charge >= 0.3 is 0 Å². The minimum Gasteiger partial charge on any atom is -0.388 e. The lowest BCUT2D eigenvalue weighted by Gasteiger charge is -2.27. The van der Waals surface area contributed by atoms with E-state index in [2.05, 4.69) is 5.32 Å². The molecule has 0 heterocycles. The van der Waals surface area contributed by atoms with E-state index in [1.165, 1.54) is 12.1 Å². The van der Waals surface area contributed by atoms with Crippen LogP contribution in [0.25, 0.3) is 0 Å². The van der Waals surface area contributed by atoms with E-state index in [0.717, 1.165) is 6.07 Å². The van der Waals surface area contributed by atoms with Gasteiger partial charge in [0.25, 0.3) is 0 Å². The van der Waals surface area contributed by atoms with Gasteiger partial charge in [-0.3, -0.25) is 0 Å². The van der Waals surface area contributed by atoms with Crippen molar-refractivity contribution in [2.45, 2.75) is 19.1 Å². The maximum Gasteiger partial charge on any atom is 0.163 e. The third-order valence-electron chi connectivity index (χ3n) is 2.51. The molecule has 0 aliphatic rings. The van der Waals surface area contributed by atoms with Gasteiger partial charge in [-0.1, -0.05) is 12.1 Å². The number of hydrogen-bond acceptors (Lipinski definition) is 3. The van der Waals surface area contributed by atoms with Crippen LogP contribution in [0.1, 0.15) is 12.5 Å². The number of halogens is 2. The molecule has 1 aromatic rings. The summed E-state index contributed by atoms with van der Waals surface area (Å²) in [5.41, 5.74) is -0.650. The van der Waals surface area contributed by atoms with Crippen LogP contribution in [-0.4, -0.2) is 42.8 Å². The van der Waals surface area contributed by atoms with E-state index < -0.39 is 17.2 Å². The average Bonchev–Trinajstić information content (AvgIpc) is 2.22. The van der Waals surface area contributed by atoms with Gasteiger partial charge in [0.2, 0.25) is 0 Å². The molecular weight excluding hydrogens is 238 g/mol. The van der Waals surface area contributed by atoms with E-state index in [4.69, 9.17) is 0 Å². The summed E-state index contributed by atoms with van der Waals surface area (Å²) in [4.78, 5) is 1.87. The van der Waals surface area contributed by atoms with Crippen LogP contribution in [0.3, 0.4) is 0 Å². The normalized spacial score (nSPS) is 14.8. The second-order valence-electron chi connectivity index (χ2n) is 5.05. The maximum absolute atomic E-state index is 13.3. The summed E-state index contributed by atoms with van der Waals surface area (Å²) in [6.45, 7) is 2.68. The van der Waals surface area contributed by atoms with Crippen molar-refractivity contribution in [2.24, 2.45) is 0 Å². The first-order chi connectivity index (χ1) is 8.32. The van der Waals surface area contributed by atoms with E-state index >= 15 is 0 Å². The molecule has 1 unspecified atom stereocenters. The molecule has 0 aliphatic heterocycles. The number of rotatable bonds is 6. The molecule has 1 aromatic carbocycles. The summed E-state index contributed by atoms with van der Waals surface area (Å²) in [6, 6.07) is 4.07. The zero-order chi connectivity index (χ0) is 13.8. The van der Waals surface area contributed by atoms with Crippen LogP contribution in [0.15, 0.2) is 18.2 Å². The fourth-order valence-corrected chi connectivity index (χ4v) is 1.89. The average molecular weight is 258 g/mol. The van der Waals surface area contributed by atoms with Crippen LogP contribution < -0.4 is 5.32 Å². The summed E-state index contributed by atoms with van der Waals surface area (Å²) >= 11 is 0. The van der Waals surface area contributed by atoms with Crippen LogP contribution in [0.4, 0.5) is 8.78 Å². The van der Waals surface area contributed by atoms with Crippen molar-refractivity contribution in [3.8, 4) is 0 Å². The van der Waals surface area contributed by atoms with Crippen molar-refractivity contribution in [3.63, 3.8) is 0 Å². The van der Waals surface area contributed by atoms with E-state index in [9.17, 15) is 13.9 Å². The molecule has 0 saturated carbocycles. The Morgan fingerprint density at radius 1 is 1.33 bits per heavy atom. The van der Waals surface area contributed by atoms with E-state index in [-0.39, 0.29) is 12.1 Å². The Hall–Kier alpha value is -1.04. The Morgan fingerprint density at radius 2 is 2.00 bits per heavy atom. The Morgan fingerprint density at radius 3 is 2.61 bits per heavy atom. The van der Waals surface area contributed by atoms with Crippen LogP contribution >= 0.6 is 0 Å². The summed E-state index contributed by atoms with van der Waals surface area (Å²) in [5.74, 6) is -1.69. The van der Waals surface area contributed by atoms with Gasteiger partial charge in [-0.15, -0.1) is 0 Å². The van der Waals surface area contributed by atoms with Crippen molar-refractivity contribution in [1.29, 1.82) is 0 Å². The Balaban J connectivity index is 2.49. The van der Waals surface area contributed by atoms with Gasteiger partial charge in [0.1, 0.15) is 0 Å². The number of benzene rings is 1. The Kier molecular flexibility index (Phi) is 5.19. The molecule has 0 fully saturated rings. The number of hydrogen-bond donors (Lipinski definition) is 2. The molecule has 5 heteroatoms. The van der Waals surface area contributed by atoms with Gasteiger partial charge in [-0.2, -0.15) is 0 Å². The van der Waals surface area contributed by atoms with Crippen LogP contribution in [0.5, 0.6) is 0 Å². The first kappa shape index (κ1) is 15.0. The highest BCUT2D eigenvalue weighted by Gasteiger charge is 2.20. The quantitative estimate of drug-likeness (QED) is 0.809. The lowest BCUT2D eigenvalue weighted by atomic mass is 10.1. The molecule has 0 aliphatic carbocycles. The minimum atomic E-state index is -0.909. The number of aliphatic hydroxyl groups is 1. The summed E-state index contributed by atoms with van der Waals surface area (Å²) in [7, 11) is 3.72. The van der Waals surface area contributed by atoms with Gasteiger partial charge in [-0.05, 0) is 27.1 Å². The summed E-state index contributed by atoms with van der Waals surface area (Å²) in [6.07, 6.45) is 0. The number of nitrogens with zero attached hydrogens (tertiary/aromatic N) is 1. The highest BCUT2D eigenvalue weighted by Crippen LogP contribution is 2.11. The van der Waals surface area contributed by atoms with Crippen molar-refractivity contribution in [3.05, 3.63) is 35.4 Å². The summed E-state index contributed by atoms with van der Waals surface area (Å²) < 4.78 is 26.3. The monoisotopic (exact) mass is 258 g/mol. The van der Waals surface area contributed by atoms with Gasteiger partial charge in [0.15, 0.2) is 11.6 Å². The molecule has 1 rings (SSSR count). The summed E-state index contributed by atoms with van der Waals surface area (Å²) in [5, 5.41) is 12.9. The van der Waals surface area contributed by atoms with E-state index in [0.29, 0.717) is 13.1 Å². The van der Waals surface area contributed by atoms with Crippen LogP contribution in [0, 0.1) is 11.6 Å². The predicted molar refractivity (Wildman–Crippen MR) is 67.2 cm³/mol. The topological polar surface area (TPSA) is 35.5 Å². The van der Waals surface area contributed by atoms with Gasteiger partial charge in [-0.25, -0.2) is 8.78 Å². The lowest BCUT2D eigenvalue weighted by molar-refractivity contribution is 0.0335. The van der Waals surface area contributed by atoms with Gasteiger partial charge in [0, 0.05) is 25.2 Å². The minimum absolute atomic E-state index is 0.188. The zero-order valence-electron chi connectivity index (χ0n) is 11.0. The van der Waals surface area contributed by atoms with Crippen molar-refractivity contribution in [1.82, 2.24) is 10.2 Å². The van der Waals surface area contributed by atoms with E-state index in [1.54, 1.807) is 6.92 Å². The number of likely N-dealkylation sites (N-methyl/N-ethyl adjacent to an activating group) is 1. The molecule has 102 valence electrons. The maximum atomic E-state index is 13.3. The smallest absolute Gasteiger partial charge is 0.163 e. The molecule has 0 aromatic heterocycles. The fraction of sp³-hybridized carbons (Fsp3) is 0.538. The first-order valence-corrected chi connectivity index (χ1v) is 5.82. The molecule has 0 amide bonds. The molecule has 0 bridgehead atoms. The second-order valence-corrected chi connectivity index (χ2v) is 5.05. The van der Waals surface area contributed by atoms with Crippen molar-refractivity contribution >= 4 is 0 Å². The standard InChI is InChI=1S/C13H20F2N2O/c1-13(18,9-17(2)3)8-16-7-10-5-4-6-11(14)12(10)15/h4-6,16,18H,7-9H2,1-3H3. The Labute approximate surface area is 106 Å². The molecule has 0 radical (unpaired) electrons. The largest absolute Gasteiger partial charge is 0.388 e. The third-order valence-corrected chi connectivity index (χ3v) is 2.51. The molecule has 0 saturated heterocycles. The van der Waals surface area contributed by atoms with Crippen LogP contribution in [0.2, 0.25) is 0 Å². The molecule has 2 N–H and O–H groups in total. The van der Waals surface area contributed by atoms with Crippen molar-refractivity contribution < 1.29 is 13.9 Å². The van der Waals surface area contributed by atoms with E-state index in [1.807, 2.05) is 19.0 Å². The van der Waals surface area contributed by atoms with Crippen LogP contribution in [-0.2, 0) is 6.54 Å². The molecule has 18 heavy (non-hydrogen) atoms. The third kappa shape index (κ3) is 4.68. The number of nitrogens with one attached hydrogen (secondary N) is 1. The molecule has 3 nitrogen and oxygen atoms in total. The highest BCUT2D eigenvalue weighted by atomic mass is 19.2. The first-order valence-electron chi connectivity index (χ1n) is 5.82. The van der Waals surface area contributed by atoms with Gasteiger partial charge < -0.3 is 15.3 Å². The fourth-order valence-electron chi connectivity index (χ4n) is 1.89. The Bertz CT molecular complexity index is 395. The SMILES string of the molecule is CN(C)CC(C)(O)CNCc1cccc(F)c1F. The zero-order valence-corrected chi connectivity index (χ0v) is 11.0. The predicted octanol–water partition coefficient (Wildman–Crippen LogP) is 1.37. The lowest BCUT2D eigenvalue weighted by Crippen LogP contribution is -2.45. The molecular formula is C13H20F2N2O. The molecule has 0 spiro atoms. The van der Waals surface area contributed by atoms with Crippen molar-refractivity contribution in [2.75, 3.05) is 27.2 Å².